The summed E-state index contributed by atoms with van der Waals surface area (Å²) in [5.74, 6) is -0.199. The Morgan fingerprint density at radius 2 is 1.42 bits per heavy atom. The number of fused-ring (bicyclic) bond motifs is 10. The molecule has 2 saturated heterocycles. The van der Waals surface area contributed by atoms with Gasteiger partial charge in [0.15, 0.2) is 0 Å². The van der Waals surface area contributed by atoms with Crippen LogP contribution in [0.3, 0.4) is 0 Å². The topological polar surface area (TPSA) is 74.8 Å². The van der Waals surface area contributed by atoms with E-state index in [4.69, 9.17) is 0 Å². The molecule has 0 aromatic heterocycles. The molecule has 9 atom stereocenters. The van der Waals surface area contributed by atoms with Crippen molar-refractivity contribution in [1.29, 1.82) is 0 Å². The molecule has 0 radical (unpaired) electrons. The summed E-state index contributed by atoms with van der Waals surface area (Å²) >= 11 is 0. The Labute approximate surface area is 315 Å². The number of amides is 4. The number of rotatable bonds is 15. The number of aryl methyl sites for hydroxylation is 2. The van der Waals surface area contributed by atoms with Crippen molar-refractivity contribution in [1.82, 2.24) is 9.80 Å². The highest BCUT2D eigenvalue weighted by atomic mass is 16.2. The lowest BCUT2D eigenvalue weighted by Crippen LogP contribution is -2.41. The first-order chi connectivity index (χ1) is 25.4. The molecule has 2 aromatic rings. The molecular formula is C47H54N2O4. The normalized spacial score (nSPS) is 31.5. The summed E-state index contributed by atoms with van der Waals surface area (Å²) in [7, 11) is 0. The first-order valence-corrected chi connectivity index (χ1v) is 19.9. The lowest BCUT2D eigenvalue weighted by molar-refractivity contribution is -0.144. The molecule has 0 N–H and O–H groups in total. The fourth-order valence-electron chi connectivity index (χ4n) is 11.5. The fourth-order valence-corrected chi connectivity index (χ4v) is 11.5. The second-order valence-corrected chi connectivity index (χ2v) is 18.0. The van der Waals surface area contributed by atoms with Gasteiger partial charge in [-0.1, -0.05) is 118 Å². The van der Waals surface area contributed by atoms with Gasteiger partial charge >= 0.3 is 0 Å². The first-order valence-electron chi connectivity index (χ1n) is 19.9. The molecular weight excluding hydrogens is 657 g/mol. The summed E-state index contributed by atoms with van der Waals surface area (Å²) < 4.78 is 0. The molecule has 0 spiro atoms. The van der Waals surface area contributed by atoms with Gasteiger partial charge in [0.1, 0.15) is 0 Å². The van der Waals surface area contributed by atoms with Gasteiger partial charge in [-0.2, -0.15) is 0 Å². The van der Waals surface area contributed by atoms with Crippen molar-refractivity contribution in [2.75, 3.05) is 13.1 Å². The van der Waals surface area contributed by atoms with Crippen molar-refractivity contribution in [3.8, 4) is 0 Å². The lowest BCUT2D eigenvalue weighted by atomic mass is 9.71. The third-order valence-corrected chi connectivity index (χ3v) is 14.0. The van der Waals surface area contributed by atoms with Crippen molar-refractivity contribution in [2.24, 2.45) is 58.2 Å². The molecule has 53 heavy (non-hydrogen) atoms. The van der Waals surface area contributed by atoms with Crippen LogP contribution in [0, 0.1) is 58.2 Å². The van der Waals surface area contributed by atoms with Crippen LogP contribution in [0.4, 0.5) is 0 Å². The lowest BCUT2D eigenvalue weighted by Gasteiger charge is -2.33. The summed E-state index contributed by atoms with van der Waals surface area (Å²) in [4.78, 5) is 58.6. The summed E-state index contributed by atoms with van der Waals surface area (Å²) in [5.41, 5.74) is 5.53. The zero-order valence-electron chi connectivity index (χ0n) is 31.6. The van der Waals surface area contributed by atoms with Crippen LogP contribution < -0.4 is 0 Å². The van der Waals surface area contributed by atoms with Crippen molar-refractivity contribution < 1.29 is 19.2 Å². The van der Waals surface area contributed by atoms with Crippen LogP contribution >= 0.6 is 0 Å². The van der Waals surface area contributed by atoms with Gasteiger partial charge in [-0.05, 0) is 103 Å². The number of hydrogen-bond donors (Lipinski definition) is 0. The number of nitrogens with zero attached hydrogens (tertiary/aromatic N) is 2. The largest absolute Gasteiger partial charge is 0.282 e. The molecule has 6 nitrogen and oxygen atoms in total. The summed E-state index contributed by atoms with van der Waals surface area (Å²) in [6, 6.07) is 16.9. The van der Waals surface area contributed by atoms with E-state index in [1.165, 1.54) is 16.7 Å². The second kappa shape index (κ2) is 13.5. The summed E-state index contributed by atoms with van der Waals surface area (Å²) in [6.07, 6.45) is 17.4. The number of carbonyl (C=O) groups excluding carboxylic acids is 4. The van der Waals surface area contributed by atoms with Gasteiger partial charge in [-0.3, -0.25) is 29.0 Å². The molecule has 276 valence electrons. The molecule has 4 aliphatic carbocycles. The highest BCUT2D eigenvalue weighted by molar-refractivity contribution is 6.07. The van der Waals surface area contributed by atoms with Crippen molar-refractivity contribution in [3.63, 3.8) is 0 Å². The number of likely N-dealkylation sites (tertiary alicyclic amines) is 2. The number of benzene rings is 2. The predicted molar refractivity (Wildman–Crippen MR) is 209 cm³/mol. The van der Waals surface area contributed by atoms with Crippen LogP contribution in [-0.4, -0.2) is 46.5 Å². The van der Waals surface area contributed by atoms with E-state index in [0.717, 1.165) is 56.1 Å². The smallest absolute Gasteiger partial charge is 0.233 e. The molecule has 2 aliphatic heterocycles. The Hall–Kier alpha value is -4.32. The van der Waals surface area contributed by atoms with Crippen LogP contribution in [-0.2, 0) is 32.0 Å². The molecule has 6 heteroatoms. The summed E-state index contributed by atoms with van der Waals surface area (Å²) in [6.45, 7) is 15.0. The highest BCUT2D eigenvalue weighted by Crippen LogP contribution is 2.62. The average molecular weight is 711 g/mol. The van der Waals surface area contributed by atoms with Crippen molar-refractivity contribution in [2.45, 2.75) is 72.1 Å². The van der Waals surface area contributed by atoms with E-state index in [9.17, 15) is 19.2 Å². The van der Waals surface area contributed by atoms with Crippen LogP contribution in [0.1, 0.15) is 81.5 Å². The van der Waals surface area contributed by atoms with E-state index >= 15 is 0 Å². The second-order valence-electron chi connectivity index (χ2n) is 18.0. The zero-order chi connectivity index (χ0) is 37.2. The third kappa shape index (κ3) is 6.20. The Morgan fingerprint density at radius 1 is 0.792 bits per heavy atom. The third-order valence-electron chi connectivity index (χ3n) is 14.0. The quantitative estimate of drug-likeness (QED) is 0.138. The van der Waals surface area contributed by atoms with E-state index in [1.807, 2.05) is 12.2 Å². The standard InChI is InChI=1S/C47H54N2O4/c1-6-30-8-12-32(13-9-30)16-17-34-24-36-25-37(34)40-38(36)42(50)49(44(40)52)28-46(4,5)26-29(3)20-23-48-43(51)39-35-19-22-47(27-35,41(39)45(48)53)21-18-33-14-10-31(7-2)11-15-33/h6-15,19,22,24,29,35-41H,1-2,16-18,20-21,23,25-28H2,3-5H3. The predicted octanol–water partition coefficient (Wildman–Crippen LogP) is 8.34. The Balaban J connectivity index is 0.845. The van der Waals surface area contributed by atoms with Crippen LogP contribution in [0.5, 0.6) is 0 Å². The maximum atomic E-state index is 14.0. The van der Waals surface area contributed by atoms with Gasteiger partial charge in [-0.15, -0.1) is 0 Å². The van der Waals surface area contributed by atoms with Gasteiger partial charge in [0.2, 0.25) is 23.6 Å². The molecule has 2 heterocycles. The van der Waals surface area contributed by atoms with E-state index in [-0.39, 0.29) is 81.8 Å². The average Bonchev–Trinajstić information content (AvgIpc) is 3.99. The van der Waals surface area contributed by atoms with Crippen LogP contribution in [0.25, 0.3) is 12.2 Å². The number of imide groups is 2. The first kappa shape index (κ1) is 35.7. The summed E-state index contributed by atoms with van der Waals surface area (Å²) in [5, 5.41) is 0. The van der Waals surface area contributed by atoms with Crippen LogP contribution in [0.2, 0.25) is 0 Å². The fraction of sp³-hybridized carbons (Fsp3) is 0.489. The SMILES string of the molecule is C=Cc1ccc(CCC2=CC3CC2C2C(=O)N(CC(C)(C)CC(C)CCN4C(=O)C5C6C=CC(CCc7ccc(C=C)cc7)(C6)C5C4=O)C(=O)C32)cc1. The van der Waals surface area contributed by atoms with Gasteiger partial charge in [0.05, 0.1) is 23.7 Å². The number of allylic oxidation sites excluding steroid dienone is 4. The van der Waals surface area contributed by atoms with Gasteiger partial charge < -0.3 is 0 Å². The minimum absolute atomic E-state index is 0.00558. The Kier molecular flexibility index (Phi) is 9.10. The molecule has 4 amide bonds. The van der Waals surface area contributed by atoms with Gasteiger partial charge in [0, 0.05) is 18.5 Å². The van der Waals surface area contributed by atoms with Gasteiger partial charge in [-0.25, -0.2) is 0 Å². The Bertz CT molecular complexity index is 1900. The highest BCUT2D eigenvalue weighted by Gasteiger charge is 2.65. The number of hydrogen-bond acceptors (Lipinski definition) is 4. The molecule has 9 unspecified atom stereocenters. The van der Waals surface area contributed by atoms with Crippen LogP contribution in [0.15, 0.2) is 85.5 Å². The molecule has 6 aliphatic rings. The Morgan fingerprint density at radius 3 is 2.08 bits per heavy atom. The minimum atomic E-state index is -0.289. The monoisotopic (exact) mass is 710 g/mol. The van der Waals surface area contributed by atoms with Crippen molar-refractivity contribution >= 4 is 35.8 Å². The van der Waals surface area contributed by atoms with E-state index in [1.54, 1.807) is 9.80 Å². The zero-order valence-corrected chi connectivity index (χ0v) is 31.6. The molecule has 8 rings (SSSR count). The maximum Gasteiger partial charge on any atom is 0.233 e. The number of carbonyl (C=O) groups is 4. The van der Waals surface area contributed by atoms with Gasteiger partial charge in [0.25, 0.3) is 0 Å². The van der Waals surface area contributed by atoms with Crippen molar-refractivity contribution in [3.05, 3.63) is 108 Å². The molecule has 2 saturated carbocycles. The van der Waals surface area contributed by atoms with E-state index in [0.29, 0.717) is 19.5 Å². The molecule has 2 aromatic carbocycles. The van der Waals surface area contributed by atoms with E-state index < -0.39 is 0 Å². The molecule has 4 fully saturated rings. The maximum absolute atomic E-state index is 14.0. The van der Waals surface area contributed by atoms with E-state index in [2.05, 4.69) is 101 Å². The minimum Gasteiger partial charge on any atom is -0.282 e. The molecule has 4 bridgehead atoms.